The van der Waals surface area contributed by atoms with Gasteiger partial charge in [0.2, 0.25) is 11.9 Å². The van der Waals surface area contributed by atoms with Crippen LogP contribution in [0, 0.1) is 0 Å². The molecule has 1 aliphatic rings. The first-order valence-corrected chi connectivity index (χ1v) is 13.2. The number of benzene rings is 2. The summed E-state index contributed by atoms with van der Waals surface area (Å²) in [6, 6.07) is 9.16. The molecule has 212 valence electrons. The molecule has 1 aromatic heterocycles. The minimum atomic E-state index is -0.288. The van der Waals surface area contributed by atoms with E-state index in [1.807, 2.05) is 12.1 Å². The summed E-state index contributed by atoms with van der Waals surface area (Å²) >= 11 is 6.42. The third-order valence-corrected chi connectivity index (χ3v) is 6.99. The molecule has 0 unspecified atom stereocenters. The van der Waals surface area contributed by atoms with Gasteiger partial charge in [0.05, 0.1) is 43.9 Å². The molecule has 40 heavy (non-hydrogen) atoms. The molecular weight excluding hydrogens is 534 g/mol. The van der Waals surface area contributed by atoms with Crippen LogP contribution in [0.1, 0.15) is 21.5 Å². The summed E-state index contributed by atoms with van der Waals surface area (Å²) in [6.07, 6.45) is 3.09. The maximum atomic E-state index is 12.5. The molecule has 2 heterocycles. The van der Waals surface area contributed by atoms with Crippen molar-refractivity contribution < 1.29 is 19.1 Å². The van der Waals surface area contributed by atoms with Crippen LogP contribution in [0.5, 0.6) is 11.5 Å². The molecular formula is C28H34ClN7O4. The first-order chi connectivity index (χ1) is 19.2. The quantitative estimate of drug-likeness (QED) is 0.357. The highest BCUT2D eigenvalue weighted by Gasteiger charge is 2.20. The minimum absolute atomic E-state index is 0.0901. The van der Waals surface area contributed by atoms with E-state index in [0.29, 0.717) is 46.7 Å². The van der Waals surface area contributed by atoms with E-state index in [9.17, 15) is 9.59 Å². The number of fused-ring (bicyclic) bond motifs is 1. The van der Waals surface area contributed by atoms with Crippen LogP contribution in [0.4, 0.5) is 23.1 Å². The van der Waals surface area contributed by atoms with Crippen LogP contribution in [-0.2, 0) is 17.6 Å². The lowest BCUT2D eigenvalue weighted by molar-refractivity contribution is -0.129. The smallest absolute Gasteiger partial charge is 0.253 e. The molecule has 3 aromatic rings. The van der Waals surface area contributed by atoms with Gasteiger partial charge in [-0.15, -0.1) is 0 Å². The Labute approximate surface area is 238 Å². The normalized spacial score (nSPS) is 13.1. The maximum absolute atomic E-state index is 12.5. The van der Waals surface area contributed by atoms with E-state index in [2.05, 4.69) is 30.8 Å². The van der Waals surface area contributed by atoms with Gasteiger partial charge in [0, 0.05) is 34.2 Å². The molecule has 2 aromatic carbocycles. The van der Waals surface area contributed by atoms with Crippen molar-refractivity contribution in [2.45, 2.75) is 12.8 Å². The monoisotopic (exact) mass is 567 g/mol. The van der Waals surface area contributed by atoms with E-state index in [0.717, 1.165) is 25.9 Å². The Morgan fingerprint density at radius 2 is 1.75 bits per heavy atom. The number of amides is 2. The number of hydrogen-bond donors (Lipinski definition) is 3. The number of halogens is 1. The number of likely N-dealkylation sites (N-methyl/N-ethyl adjacent to an activating group) is 1. The first kappa shape index (κ1) is 28.9. The summed E-state index contributed by atoms with van der Waals surface area (Å²) in [5.74, 6) is 1.62. The van der Waals surface area contributed by atoms with Crippen LogP contribution in [0.3, 0.4) is 0 Å². The van der Waals surface area contributed by atoms with Crippen molar-refractivity contribution in [3.63, 3.8) is 0 Å². The molecule has 0 atom stereocenters. The molecule has 0 bridgehead atoms. The van der Waals surface area contributed by atoms with E-state index >= 15 is 0 Å². The Morgan fingerprint density at radius 3 is 2.40 bits per heavy atom. The van der Waals surface area contributed by atoms with Crippen molar-refractivity contribution >= 4 is 46.6 Å². The number of methoxy groups -OCH3 is 2. The van der Waals surface area contributed by atoms with E-state index < -0.39 is 0 Å². The molecule has 0 spiro atoms. The zero-order valence-electron chi connectivity index (χ0n) is 23.3. The molecule has 0 radical (unpaired) electrons. The lowest BCUT2D eigenvalue weighted by Gasteiger charge is -2.21. The van der Waals surface area contributed by atoms with Crippen molar-refractivity contribution in [3.8, 4) is 11.5 Å². The fourth-order valence-electron chi connectivity index (χ4n) is 4.40. The van der Waals surface area contributed by atoms with Gasteiger partial charge in [-0.3, -0.25) is 14.5 Å². The number of nitrogens with one attached hydrogen (secondary N) is 3. The largest absolute Gasteiger partial charge is 0.497 e. The van der Waals surface area contributed by atoms with Crippen LogP contribution < -0.4 is 25.4 Å². The van der Waals surface area contributed by atoms with Crippen molar-refractivity contribution in [2.24, 2.45) is 0 Å². The predicted octanol–water partition coefficient (Wildman–Crippen LogP) is 3.48. The highest BCUT2D eigenvalue weighted by Crippen LogP contribution is 2.34. The molecule has 0 saturated carbocycles. The fraction of sp³-hybridized carbons (Fsp3) is 0.357. The molecule has 0 saturated heterocycles. The minimum Gasteiger partial charge on any atom is -0.497 e. The molecule has 0 aliphatic carbocycles. The maximum Gasteiger partial charge on any atom is 0.253 e. The SMILES string of the molecule is CNC(=O)c1cc(OC)ccc1Nc1nc(Nc2cc3c(cc2OC)CCN(CC(=O)N(C)C)CC3)ncc1Cl. The molecule has 1 aliphatic heterocycles. The first-order valence-electron chi connectivity index (χ1n) is 12.8. The number of nitrogens with zero attached hydrogens (tertiary/aromatic N) is 4. The average molecular weight is 568 g/mol. The van der Waals surface area contributed by atoms with Gasteiger partial charge < -0.3 is 30.3 Å². The number of hydrogen-bond acceptors (Lipinski definition) is 9. The highest BCUT2D eigenvalue weighted by atomic mass is 35.5. The zero-order valence-corrected chi connectivity index (χ0v) is 24.1. The molecule has 4 rings (SSSR count). The second kappa shape index (κ2) is 12.8. The van der Waals surface area contributed by atoms with Crippen LogP contribution in [0.2, 0.25) is 5.02 Å². The molecule has 11 nitrogen and oxygen atoms in total. The van der Waals surface area contributed by atoms with Gasteiger partial charge in [0.1, 0.15) is 16.5 Å². The lowest BCUT2D eigenvalue weighted by Crippen LogP contribution is -2.37. The van der Waals surface area contributed by atoms with Crippen LogP contribution in [0.15, 0.2) is 36.5 Å². The van der Waals surface area contributed by atoms with Gasteiger partial charge in [-0.2, -0.15) is 4.98 Å². The fourth-order valence-corrected chi connectivity index (χ4v) is 4.54. The van der Waals surface area contributed by atoms with Crippen molar-refractivity contribution in [1.29, 1.82) is 0 Å². The Morgan fingerprint density at radius 1 is 1.02 bits per heavy atom. The second-order valence-corrected chi connectivity index (χ2v) is 9.92. The van der Waals surface area contributed by atoms with Crippen molar-refractivity contribution in [1.82, 2.24) is 25.1 Å². The van der Waals surface area contributed by atoms with E-state index in [-0.39, 0.29) is 16.8 Å². The van der Waals surface area contributed by atoms with Crippen LogP contribution in [-0.4, -0.2) is 86.6 Å². The van der Waals surface area contributed by atoms with Gasteiger partial charge in [-0.05, 0) is 54.3 Å². The third kappa shape index (κ3) is 6.72. The number of carbonyl (C=O) groups excluding carboxylic acids is 2. The predicted molar refractivity (Wildman–Crippen MR) is 156 cm³/mol. The summed E-state index contributed by atoms with van der Waals surface area (Å²) in [7, 11) is 8.25. The summed E-state index contributed by atoms with van der Waals surface area (Å²) in [5, 5.41) is 9.31. The van der Waals surface area contributed by atoms with Crippen LogP contribution in [0.25, 0.3) is 0 Å². The van der Waals surface area contributed by atoms with Crippen LogP contribution >= 0.6 is 11.6 Å². The van der Waals surface area contributed by atoms with E-state index in [1.165, 1.54) is 24.4 Å². The van der Waals surface area contributed by atoms with Gasteiger partial charge in [0.15, 0.2) is 5.82 Å². The number of ether oxygens (including phenoxy) is 2. The van der Waals surface area contributed by atoms with E-state index in [4.69, 9.17) is 21.1 Å². The number of rotatable bonds is 9. The van der Waals surface area contributed by atoms with Gasteiger partial charge in [0.25, 0.3) is 5.91 Å². The Kier molecular flexibility index (Phi) is 9.28. The third-order valence-electron chi connectivity index (χ3n) is 6.72. The van der Waals surface area contributed by atoms with Gasteiger partial charge in [-0.25, -0.2) is 4.98 Å². The summed E-state index contributed by atoms with van der Waals surface area (Å²) in [6.45, 7) is 1.97. The number of carbonyl (C=O) groups is 2. The highest BCUT2D eigenvalue weighted by molar-refractivity contribution is 6.33. The molecule has 12 heteroatoms. The Hall–Kier alpha value is -4.09. The Balaban J connectivity index is 1.57. The van der Waals surface area contributed by atoms with Crippen molar-refractivity contribution in [2.75, 3.05) is 65.6 Å². The average Bonchev–Trinajstić information content (AvgIpc) is 3.15. The molecule has 3 N–H and O–H groups in total. The van der Waals surface area contributed by atoms with Gasteiger partial charge in [-0.1, -0.05) is 11.6 Å². The standard InChI is InChI=1S/C28H34ClN7O4/c1-30-27(38)20-14-19(39-4)6-7-22(20)32-26-21(29)15-31-28(34-26)33-23-12-17-8-10-36(16-25(37)35(2)3)11-9-18(17)13-24(23)40-5/h6-7,12-15H,8-11,16H2,1-5H3,(H,30,38)(H2,31,32,33,34). The molecule has 2 amide bonds. The summed E-state index contributed by atoms with van der Waals surface area (Å²) < 4.78 is 10.9. The van der Waals surface area contributed by atoms with E-state index in [1.54, 1.807) is 51.4 Å². The van der Waals surface area contributed by atoms with Crippen molar-refractivity contribution in [3.05, 3.63) is 58.2 Å². The zero-order chi connectivity index (χ0) is 28.8. The topological polar surface area (TPSA) is 121 Å². The Bertz CT molecular complexity index is 1400. The van der Waals surface area contributed by atoms with Gasteiger partial charge >= 0.3 is 0 Å². The number of aromatic nitrogens is 2. The number of anilines is 4. The summed E-state index contributed by atoms with van der Waals surface area (Å²) in [4.78, 5) is 37.4. The second-order valence-electron chi connectivity index (χ2n) is 9.52. The summed E-state index contributed by atoms with van der Waals surface area (Å²) in [5.41, 5.74) is 3.95. The lowest BCUT2D eigenvalue weighted by atomic mass is 10.0. The molecule has 0 fully saturated rings.